The van der Waals surface area contributed by atoms with Crippen LogP contribution in [0.2, 0.25) is 0 Å². The van der Waals surface area contributed by atoms with Crippen molar-refractivity contribution in [2.75, 3.05) is 19.3 Å². The van der Waals surface area contributed by atoms with Gasteiger partial charge in [-0.2, -0.15) is 8.42 Å². The molecule has 0 aromatic heterocycles. The maximum Gasteiger partial charge on any atom is 0.280 e. The maximum atomic E-state index is 11.0. The van der Waals surface area contributed by atoms with Crippen LogP contribution in [-0.4, -0.2) is 55.9 Å². The zero-order valence-corrected chi connectivity index (χ0v) is 10.8. The van der Waals surface area contributed by atoms with Gasteiger partial charge >= 0.3 is 0 Å². The van der Waals surface area contributed by atoms with Gasteiger partial charge in [0, 0.05) is 19.5 Å². The minimum atomic E-state index is -3.55. The molecule has 104 valence electrons. The first-order valence-electron chi connectivity index (χ1n) is 5.23. The van der Waals surface area contributed by atoms with E-state index in [0.717, 1.165) is 13.2 Å². The monoisotopic (exact) mass is 281 g/mol. The van der Waals surface area contributed by atoms with Gasteiger partial charge in [0.15, 0.2) is 5.03 Å². The second kappa shape index (κ2) is 5.59. The Morgan fingerprint density at radius 1 is 1.61 bits per heavy atom. The molecule has 2 atom stereocenters. The third-order valence-electron chi connectivity index (χ3n) is 2.45. The number of hydrogen-bond acceptors (Lipinski definition) is 7. The van der Waals surface area contributed by atoms with Crippen LogP contribution in [0.1, 0.15) is 13.3 Å². The number of carbonyl (C=O) groups excluding carboxylic acids is 1. The number of nitrogens with one attached hydrogen (secondary N) is 1. The first-order chi connectivity index (χ1) is 8.19. The van der Waals surface area contributed by atoms with E-state index in [9.17, 15) is 23.3 Å². The Bertz CT molecular complexity index is 422. The number of carbonyl (C=O) groups is 1. The molecule has 1 aliphatic rings. The highest BCUT2D eigenvalue weighted by atomic mass is 32.2. The van der Waals surface area contributed by atoms with Crippen molar-refractivity contribution in [3.8, 4) is 0 Å². The molecule has 9 nitrogen and oxygen atoms in total. The van der Waals surface area contributed by atoms with Gasteiger partial charge in [-0.25, -0.2) is 10.1 Å². The average Bonchev–Trinajstić information content (AvgIpc) is 2.58. The van der Waals surface area contributed by atoms with Gasteiger partial charge in [-0.3, -0.25) is 8.98 Å². The van der Waals surface area contributed by atoms with E-state index in [2.05, 4.69) is 5.32 Å². The first kappa shape index (κ1) is 14.8. The molecular formula is C8H15N3O6S. The van der Waals surface area contributed by atoms with Crippen LogP contribution in [0.4, 0.5) is 0 Å². The Balaban J connectivity index is 2.52. The van der Waals surface area contributed by atoms with Gasteiger partial charge in [0.25, 0.3) is 16.0 Å². The molecule has 0 aromatic carbocycles. The van der Waals surface area contributed by atoms with E-state index in [1.165, 1.54) is 0 Å². The first-order valence-corrected chi connectivity index (χ1v) is 7.04. The summed E-state index contributed by atoms with van der Waals surface area (Å²) in [5.74, 6) is -0.672. The SMILES string of the molecule is CC(=O)N(CC1CC(OS(C)(=O)=O)CN1)[N+](=O)[O-]. The van der Waals surface area contributed by atoms with Crippen molar-refractivity contribution in [1.82, 2.24) is 10.3 Å². The lowest BCUT2D eigenvalue weighted by Gasteiger charge is -2.15. The molecule has 0 aromatic rings. The van der Waals surface area contributed by atoms with E-state index in [0.29, 0.717) is 11.4 Å². The molecule has 1 heterocycles. The van der Waals surface area contributed by atoms with Gasteiger partial charge in [-0.05, 0) is 6.42 Å². The van der Waals surface area contributed by atoms with Crippen LogP contribution in [-0.2, 0) is 19.1 Å². The summed E-state index contributed by atoms with van der Waals surface area (Å²) in [6.45, 7) is 1.26. The van der Waals surface area contributed by atoms with Gasteiger partial charge < -0.3 is 5.32 Å². The highest BCUT2D eigenvalue weighted by molar-refractivity contribution is 7.86. The molecule has 1 saturated heterocycles. The Morgan fingerprint density at radius 2 is 2.22 bits per heavy atom. The highest BCUT2D eigenvalue weighted by Crippen LogP contribution is 2.13. The van der Waals surface area contributed by atoms with Gasteiger partial charge in [0.2, 0.25) is 0 Å². The minimum absolute atomic E-state index is 0.119. The molecule has 1 aliphatic heterocycles. The fourth-order valence-electron chi connectivity index (χ4n) is 1.76. The molecule has 1 amide bonds. The predicted octanol–water partition coefficient (Wildman–Crippen LogP) is -1.27. The lowest BCUT2D eigenvalue weighted by atomic mass is 10.2. The van der Waals surface area contributed by atoms with E-state index in [1.54, 1.807) is 0 Å². The second-order valence-corrected chi connectivity index (χ2v) is 5.70. The fourth-order valence-corrected chi connectivity index (χ4v) is 2.40. The molecule has 18 heavy (non-hydrogen) atoms. The Kier molecular flexibility index (Phi) is 4.59. The third kappa shape index (κ3) is 4.55. The zero-order valence-electron chi connectivity index (χ0n) is 10.0. The van der Waals surface area contributed by atoms with Crippen molar-refractivity contribution in [3.63, 3.8) is 0 Å². The van der Waals surface area contributed by atoms with Crippen LogP contribution in [0.3, 0.4) is 0 Å². The maximum absolute atomic E-state index is 11.0. The Morgan fingerprint density at radius 3 is 2.67 bits per heavy atom. The largest absolute Gasteiger partial charge is 0.309 e. The summed E-state index contributed by atoms with van der Waals surface area (Å²) in [4.78, 5) is 21.6. The van der Waals surface area contributed by atoms with Crippen LogP contribution >= 0.6 is 0 Å². The van der Waals surface area contributed by atoms with Crippen LogP contribution in [0.25, 0.3) is 0 Å². The van der Waals surface area contributed by atoms with E-state index >= 15 is 0 Å². The van der Waals surface area contributed by atoms with Crippen molar-refractivity contribution < 1.29 is 22.4 Å². The summed E-state index contributed by atoms with van der Waals surface area (Å²) in [7, 11) is -3.55. The number of nitrogens with zero attached hydrogens (tertiary/aromatic N) is 2. The Hall–Kier alpha value is -1.26. The summed E-state index contributed by atoms with van der Waals surface area (Å²) in [5, 5.41) is 13.2. The van der Waals surface area contributed by atoms with E-state index in [1.807, 2.05) is 0 Å². The number of hydrogen-bond donors (Lipinski definition) is 1. The van der Waals surface area contributed by atoms with Crippen LogP contribution < -0.4 is 5.32 Å². The molecule has 0 spiro atoms. The van der Waals surface area contributed by atoms with Gasteiger partial charge in [0.05, 0.1) is 12.4 Å². The van der Waals surface area contributed by atoms with Crippen molar-refractivity contribution in [2.45, 2.75) is 25.5 Å². The normalized spacial score (nSPS) is 23.9. The summed E-state index contributed by atoms with van der Waals surface area (Å²) < 4.78 is 26.6. The molecule has 1 rings (SSSR count). The molecule has 0 saturated carbocycles. The number of amides is 1. The van der Waals surface area contributed by atoms with Crippen LogP contribution in [0, 0.1) is 10.1 Å². The standard InChI is InChI=1S/C8H15N3O6S/c1-6(12)10(11(13)14)5-7-3-8(4-9-7)17-18(2,15)16/h7-9H,3-5H2,1-2H3. The summed E-state index contributed by atoms with van der Waals surface area (Å²) >= 11 is 0. The van der Waals surface area contributed by atoms with Gasteiger partial charge in [0.1, 0.15) is 6.54 Å². The lowest BCUT2D eigenvalue weighted by molar-refractivity contribution is -0.634. The second-order valence-electron chi connectivity index (χ2n) is 4.10. The van der Waals surface area contributed by atoms with Crippen molar-refractivity contribution >= 4 is 16.0 Å². The molecule has 0 radical (unpaired) electrons. The van der Waals surface area contributed by atoms with Crippen LogP contribution in [0.15, 0.2) is 0 Å². The molecule has 1 fully saturated rings. The quantitative estimate of drug-likeness (QED) is 0.379. The molecule has 2 unspecified atom stereocenters. The number of hydrazine groups is 1. The molecular weight excluding hydrogens is 266 g/mol. The molecule has 1 N–H and O–H groups in total. The smallest absolute Gasteiger partial charge is 0.280 e. The van der Waals surface area contributed by atoms with Gasteiger partial charge in [-0.15, -0.1) is 0 Å². The molecule has 10 heteroatoms. The topological polar surface area (TPSA) is 119 Å². The number of nitro groups is 1. The number of rotatable bonds is 5. The third-order valence-corrected chi connectivity index (χ3v) is 3.07. The van der Waals surface area contributed by atoms with E-state index < -0.39 is 27.2 Å². The van der Waals surface area contributed by atoms with Gasteiger partial charge in [-0.1, -0.05) is 5.01 Å². The predicted molar refractivity (Wildman–Crippen MR) is 60.5 cm³/mol. The van der Waals surface area contributed by atoms with E-state index in [4.69, 9.17) is 4.18 Å². The van der Waals surface area contributed by atoms with Crippen molar-refractivity contribution in [1.29, 1.82) is 0 Å². The lowest BCUT2D eigenvalue weighted by Crippen LogP contribution is -2.43. The van der Waals surface area contributed by atoms with Crippen molar-refractivity contribution in [2.24, 2.45) is 0 Å². The fraction of sp³-hybridized carbons (Fsp3) is 0.875. The minimum Gasteiger partial charge on any atom is -0.309 e. The molecule has 0 bridgehead atoms. The summed E-state index contributed by atoms with van der Waals surface area (Å²) in [6, 6.07) is -0.356. The van der Waals surface area contributed by atoms with E-state index in [-0.39, 0.29) is 19.1 Å². The summed E-state index contributed by atoms with van der Waals surface area (Å²) in [6.07, 6.45) is 0.690. The van der Waals surface area contributed by atoms with Crippen LogP contribution in [0.5, 0.6) is 0 Å². The molecule has 0 aliphatic carbocycles. The zero-order chi connectivity index (χ0) is 13.9. The average molecular weight is 281 g/mol. The summed E-state index contributed by atoms with van der Waals surface area (Å²) in [5.41, 5.74) is 0. The van der Waals surface area contributed by atoms with Crippen molar-refractivity contribution in [3.05, 3.63) is 10.1 Å². The Labute approximate surface area is 104 Å². The highest BCUT2D eigenvalue weighted by Gasteiger charge is 2.32.